The van der Waals surface area contributed by atoms with Crippen molar-refractivity contribution in [3.8, 4) is 11.8 Å². The van der Waals surface area contributed by atoms with Crippen molar-refractivity contribution in [2.75, 3.05) is 13.2 Å². The molecular weight excluding hydrogens is 216 g/mol. The van der Waals surface area contributed by atoms with Crippen LogP contribution in [-0.2, 0) is 0 Å². The number of hydrogen-bond donors (Lipinski definition) is 1. The summed E-state index contributed by atoms with van der Waals surface area (Å²) in [7, 11) is 0. The van der Waals surface area contributed by atoms with Crippen LogP contribution in [0.2, 0.25) is 0 Å². The van der Waals surface area contributed by atoms with Crippen LogP contribution in [0.15, 0.2) is 18.2 Å². The molecule has 0 aromatic heterocycles. The zero-order valence-corrected chi connectivity index (χ0v) is 10.1. The Morgan fingerprint density at radius 3 is 2.76 bits per heavy atom. The number of hydrogen-bond acceptors (Lipinski definition) is 4. The number of Topliss-reactive ketones (excluding diaryl/α,β-unsaturated/α-hetero) is 1. The quantitative estimate of drug-likeness (QED) is 0.784. The fourth-order valence-corrected chi connectivity index (χ4v) is 1.29. The number of nitrogens with two attached hydrogens (primary N) is 1. The van der Waals surface area contributed by atoms with Crippen LogP contribution in [0.3, 0.4) is 0 Å². The number of nitrogens with zero attached hydrogens (tertiary/aromatic N) is 1. The third-order valence-electron chi connectivity index (χ3n) is 2.18. The SMILES string of the molecule is CC(C)COc1ccc(C(=O)CN)cc1C#N. The normalized spacial score (nSPS) is 10.1. The maximum absolute atomic E-state index is 11.4. The van der Waals surface area contributed by atoms with Crippen LogP contribution >= 0.6 is 0 Å². The Hall–Kier alpha value is -1.86. The zero-order valence-electron chi connectivity index (χ0n) is 10.1. The molecule has 1 aromatic rings. The van der Waals surface area contributed by atoms with E-state index < -0.39 is 0 Å². The minimum atomic E-state index is -0.183. The predicted molar refractivity (Wildman–Crippen MR) is 64.9 cm³/mol. The second-order valence-electron chi connectivity index (χ2n) is 4.15. The van der Waals surface area contributed by atoms with Gasteiger partial charge in [-0.25, -0.2) is 0 Å². The molecule has 0 saturated carbocycles. The number of ketones is 1. The number of rotatable bonds is 5. The van der Waals surface area contributed by atoms with Crippen molar-refractivity contribution >= 4 is 5.78 Å². The average Bonchev–Trinajstić information content (AvgIpc) is 2.34. The number of carbonyl (C=O) groups is 1. The molecule has 4 heteroatoms. The van der Waals surface area contributed by atoms with E-state index in [0.717, 1.165) is 0 Å². The van der Waals surface area contributed by atoms with Gasteiger partial charge in [-0.3, -0.25) is 4.79 Å². The largest absolute Gasteiger partial charge is 0.492 e. The molecule has 0 amide bonds. The van der Waals surface area contributed by atoms with Crippen molar-refractivity contribution in [3.63, 3.8) is 0 Å². The molecule has 0 heterocycles. The molecule has 0 bridgehead atoms. The molecule has 1 rings (SSSR count). The van der Waals surface area contributed by atoms with E-state index >= 15 is 0 Å². The lowest BCUT2D eigenvalue weighted by Crippen LogP contribution is -2.14. The molecule has 0 aliphatic carbocycles. The van der Waals surface area contributed by atoms with Crippen LogP contribution in [0.1, 0.15) is 29.8 Å². The molecule has 1 aromatic carbocycles. The van der Waals surface area contributed by atoms with Crippen LogP contribution in [-0.4, -0.2) is 18.9 Å². The van der Waals surface area contributed by atoms with Crippen LogP contribution in [0.5, 0.6) is 5.75 Å². The third-order valence-corrected chi connectivity index (χ3v) is 2.18. The smallest absolute Gasteiger partial charge is 0.176 e. The highest BCUT2D eigenvalue weighted by molar-refractivity contribution is 5.98. The summed E-state index contributed by atoms with van der Waals surface area (Å²) in [5.41, 5.74) is 6.08. The summed E-state index contributed by atoms with van der Waals surface area (Å²) >= 11 is 0. The molecule has 4 nitrogen and oxygen atoms in total. The number of carbonyl (C=O) groups excluding carboxylic acids is 1. The van der Waals surface area contributed by atoms with Crippen LogP contribution in [0, 0.1) is 17.2 Å². The first-order chi connectivity index (χ1) is 8.08. The molecule has 2 N–H and O–H groups in total. The van der Waals surface area contributed by atoms with Crippen molar-refractivity contribution in [2.45, 2.75) is 13.8 Å². The van der Waals surface area contributed by atoms with Gasteiger partial charge in [0.15, 0.2) is 5.78 Å². The highest BCUT2D eigenvalue weighted by atomic mass is 16.5. The monoisotopic (exact) mass is 232 g/mol. The molecule has 17 heavy (non-hydrogen) atoms. The van der Waals surface area contributed by atoms with Gasteiger partial charge in [0.2, 0.25) is 0 Å². The first kappa shape index (κ1) is 13.2. The number of benzene rings is 1. The van der Waals surface area contributed by atoms with E-state index in [9.17, 15) is 4.79 Å². The molecule has 0 unspecified atom stereocenters. The second-order valence-corrected chi connectivity index (χ2v) is 4.15. The van der Waals surface area contributed by atoms with Crippen LogP contribution in [0.4, 0.5) is 0 Å². The summed E-state index contributed by atoms with van der Waals surface area (Å²) in [6.07, 6.45) is 0. The summed E-state index contributed by atoms with van der Waals surface area (Å²) in [5.74, 6) is 0.707. The van der Waals surface area contributed by atoms with Gasteiger partial charge in [0.25, 0.3) is 0 Å². The summed E-state index contributed by atoms with van der Waals surface area (Å²) in [6, 6.07) is 6.81. The van der Waals surface area contributed by atoms with Gasteiger partial charge in [0.1, 0.15) is 11.8 Å². The predicted octanol–water partition coefficient (Wildman–Crippen LogP) is 1.73. The lowest BCUT2D eigenvalue weighted by molar-refractivity contribution is 0.100. The molecule has 0 spiro atoms. The van der Waals surface area contributed by atoms with E-state index in [4.69, 9.17) is 15.7 Å². The van der Waals surface area contributed by atoms with Gasteiger partial charge in [-0.15, -0.1) is 0 Å². The van der Waals surface area contributed by atoms with Gasteiger partial charge in [0.05, 0.1) is 18.7 Å². The molecule has 0 fully saturated rings. The maximum atomic E-state index is 11.4. The van der Waals surface area contributed by atoms with Gasteiger partial charge in [-0.05, 0) is 24.1 Å². The summed E-state index contributed by atoms with van der Waals surface area (Å²) in [6.45, 7) is 4.53. The van der Waals surface area contributed by atoms with E-state index in [1.54, 1.807) is 12.1 Å². The lowest BCUT2D eigenvalue weighted by atomic mass is 10.1. The minimum Gasteiger partial charge on any atom is -0.492 e. The van der Waals surface area contributed by atoms with Crippen molar-refractivity contribution in [2.24, 2.45) is 11.7 Å². The number of nitriles is 1. The van der Waals surface area contributed by atoms with Crippen molar-refractivity contribution < 1.29 is 9.53 Å². The standard InChI is InChI=1S/C13H16N2O2/c1-9(2)8-17-13-4-3-10(12(16)7-15)5-11(13)6-14/h3-5,9H,7-8,15H2,1-2H3. The Morgan fingerprint density at radius 2 is 2.24 bits per heavy atom. The Balaban J connectivity index is 2.94. The van der Waals surface area contributed by atoms with E-state index in [1.165, 1.54) is 6.07 Å². The van der Waals surface area contributed by atoms with Crippen LogP contribution < -0.4 is 10.5 Å². The fourth-order valence-electron chi connectivity index (χ4n) is 1.29. The molecule has 0 radical (unpaired) electrons. The molecular formula is C13H16N2O2. The summed E-state index contributed by atoms with van der Waals surface area (Å²) in [4.78, 5) is 11.4. The second kappa shape index (κ2) is 6.02. The Bertz CT molecular complexity index is 447. The van der Waals surface area contributed by atoms with Crippen molar-refractivity contribution in [3.05, 3.63) is 29.3 Å². The molecule has 90 valence electrons. The van der Waals surface area contributed by atoms with Gasteiger partial charge in [-0.1, -0.05) is 13.8 Å². The Labute approximate surface area is 101 Å². The molecule has 0 atom stereocenters. The highest BCUT2D eigenvalue weighted by Gasteiger charge is 2.09. The number of ether oxygens (including phenoxy) is 1. The molecule has 0 aliphatic rings. The zero-order chi connectivity index (χ0) is 12.8. The van der Waals surface area contributed by atoms with Crippen molar-refractivity contribution in [1.82, 2.24) is 0 Å². The van der Waals surface area contributed by atoms with Crippen LogP contribution in [0.25, 0.3) is 0 Å². The van der Waals surface area contributed by atoms with Gasteiger partial charge >= 0.3 is 0 Å². The summed E-state index contributed by atoms with van der Waals surface area (Å²) in [5, 5.41) is 8.99. The van der Waals surface area contributed by atoms with Gasteiger partial charge in [-0.2, -0.15) is 5.26 Å². The maximum Gasteiger partial charge on any atom is 0.176 e. The fraction of sp³-hybridized carbons (Fsp3) is 0.385. The first-order valence-corrected chi connectivity index (χ1v) is 5.48. The Kier molecular flexibility index (Phi) is 4.68. The van der Waals surface area contributed by atoms with E-state index in [1.807, 2.05) is 19.9 Å². The van der Waals surface area contributed by atoms with E-state index in [2.05, 4.69) is 0 Å². The molecule has 0 saturated heterocycles. The summed E-state index contributed by atoms with van der Waals surface area (Å²) < 4.78 is 5.49. The van der Waals surface area contributed by atoms with Gasteiger partial charge < -0.3 is 10.5 Å². The molecule has 0 aliphatic heterocycles. The third kappa shape index (κ3) is 3.58. The topological polar surface area (TPSA) is 76.1 Å². The lowest BCUT2D eigenvalue weighted by Gasteiger charge is -2.10. The van der Waals surface area contributed by atoms with Crippen molar-refractivity contribution in [1.29, 1.82) is 5.26 Å². The Morgan fingerprint density at radius 1 is 1.53 bits per heavy atom. The van der Waals surface area contributed by atoms with E-state index in [0.29, 0.717) is 29.4 Å². The van der Waals surface area contributed by atoms with E-state index in [-0.39, 0.29) is 12.3 Å². The first-order valence-electron chi connectivity index (χ1n) is 5.48. The minimum absolute atomic E-state index is 0.0585. The highest BCUT2D eigenvalue weighted by Crippen LogP contribution is 2.20. The van der Waals surface area contributed by atoms with Gasteiger partial charge in [0, 0.05) is 5.56 Å². The average molecular weight is 232 g/mol.